The van der Waals surface area contributed by atoms with Gasteiger partial charge in [0.15, 0.2) is 0 Å². The number of hydrogen-bond acceptors (Lipinski definition) is 1. The van der Waals surface area contributed by atoms with Crippen molar-refractivity contribution >= 4 is 8.07 Å². The lowest BCUT2D eigenvalue weighted by Gasteiger charge is -2.16. The van der Waals surface area contributed by atoms with Gasteiger partial charge in [-0.3, -0.25) is 0 Å². The Balaban J connectivity index is 3.39. The van der Waals surface area contributed by atoms with E-state index in [1.54, 1.807) is 0 Å². The fraction of sp³-hybridized carbons (Fsp3) is 0.833. The molecule has 1 nitrogen and oxygen atoms in total. The minimum atomic E-state index is -1.03. The normalized spacial score (nSPS) is 16.1. The van der Waals surface area contributed by atoms with Gasteiger partial charge in [-0.25, -0.2) is 0 Å². The first-order valence-electron chi connectivity index (χ1n) is 2.93. The molecule has 0 aliphatic heterocycles. The van der Waals surface area contributed by atoms with Crippen LogP contribution in [0.2, 0.25) is 25.7 Å². The van der Waals surface area contributed by atoms with Crippen molar-refractivity contribution in [3.8, 4) is 0 Å². The molecule has 2 heteroatoms. The minimum Gasteiger partial charge on any atom is -0.393 e. The molecule has 0 aliphatic rings. The Hall–Kier alpha value is 0.177. The van der Waals surface area contributed by atoms with Gasteiger partial charge in [0.1, 0.15) is 0 Å². The highest BCUT2D eigenvalue weighted by Gasteiger charge is 2.14. The van der Waals surface area contributed by atoms with Crippen LogP contribution in [0.5, 0.6) is 0 Å². The number of aliphatic hydroxyl groups is 1. The summed E-state index contributed by atoms with van der Waals surface area (Å²) in [7, 11) is -1.03. The van der Waals surface area contributed by atoms with Gasteiger partial charge in [-0.15, -0.1) is 0 Å². The van der Waals surface area contributed by atoms with Gasteiger partial charge in [-0.1, -0.05) is 19.6 Å². The van der Waals surface area contributed by atoms with Gasteiger partial charge in [-0.2, -0.15) is 0 Å². The van der Waals surface area contributed by atoms with Crippen molar-refractivity contribution in [2.75, 3.05) is 0 Å². The van der Waals surface area contributed by atoms with Crippen LogP contribution in [0.3, 0.4) is 0 Å². The van der Waals surface area contributed by atoms with Crippen molar-refractivity contribution in [1.29, 1.82) is 0 Å². The quantitative estimate of drug-likeness (QED) is 0.563. The van der Waals surface area contributed by atoms with Crippen LogP contribution in [-0.4, -0.2) is 19.3 Å². The van der Waals surface area contributed by atoms with Crippen molar-refractivity contribution < 1.29 is 5.11 Å². The Morgan fingerprint density at radius 1 is 1.50 bits per heavy atom. The summed E-state index contributed by atoms with van der Waals surface area (Å²) in [5.74, 6) is 0. The molecule has 1 unspecified atom stereocenters. The van der Waals surface area contributed by atoms with Crippen LogP contribution in [0.15, 0.2) is 0 Å². The fourth-order valence-corrected chi connectivity index (χ4v) is 2.12. The fourth-order valence-electron chi connectivity index (χ4n) is 0.707. The van der Waals surface area contributed by atoms with Crippen LogP contribution in [0.25, 0.3) is 0 Å². The highest BCUT2D eigenvalue weighted by atomic mass is 28.3. The second-order valence-corrected chi connectivity index (χ2v) is 8.95. The SMILES string of the molecule is [CH2]C(O)C[Si](C)(C)C. The molecule has 0 aromatic rings. The molecule has 0 rings (SSSR count). The first-order chi connectivity index (χ1) is 3.42. The summed E-state index contributed by atoms with van der Waals surface area (Å²) in [6.45, 7) is 10.2. The average Bonchev–Trinajstić information content (AvgIpc) is 1.21. The van der Waals surface area contributed by atoms with Crippen LogP contribution in [0.1, 0.15) is 0 Å². The summed E-state index contributed by atoms with van der Waals surface area (Å²) in [4.78, 5) is 0. The first-order valence-corrected chi connectivity index (χ1v) is 6.64. The maximum atomic E-state index is 8.81. The van der Waals surface area contributed by atoms with E-state index in [1.807, 2.05) is 0 Å². The molecule has 0 aromatic heterocycles. The van der Waals surface area contributed by atoms with Crippen LogP contribution >= 0.6 is 0 Å². The molecule has 1 N–H and O–H groups in total. The van der Waals surface area contributed by atoms with E-state index >= 15 is 0 Å². The summed E-state index contributed by atoms with van der Waals surface area (Å²) >= 11 is 0. The second-order valence-electron chi connectivity index (χ2n) is 3.42. The van der Waals surface area contributed by atoms with E-state index in [-0.39, 0.29) is 6.10 Å². The van der Waals surface area contributed by atoms with Gasteiger partial charge < -0.3 is 5.11 Å². The highest BCUT2D eigenvalue weighted by molar-refractivity contribution is 6.76. The molecule has 0 saturated heterocycles. The van der Waals surface area contributed by atoms with Crippen molar-refractivity contribution in [2.24, 2.45) is 0 Å². The van der Waals surface area contributed by atoms with Crippen LogP contribution in [0, 0.1) is 6.92 Å². The van der Waals surface area contributed by atoms with E-state index in [9.17, 15) is 0 Å². The lowest BCUT2D eigenvalue weighted by molar-refractivity contribution is 0.239. The molecule has 0 spiro atoms. The van der Waals surface area contributed by atoms with Gasteiger partial charge in [0.25, 0.3) is 0 Å². The minimum absolute atomic E-state index is 0.346. The highest BCUT2D eigenvalue weighted by Crippen LogP contribution is 2.09. The number of hydrogen-bond donors (Lipinski definition) is 1. The molecule has 49 valence electrons. The Labute approximate surface area is 52.7 Å². The standard InChI is InChI=1S/C6H15OSi/c1-6(7)5-8(2,3)4/h6-7H,1,5H2,2-4H3. The molecular weight excluding hydrogens is 116 g/mol. The number of aliphatic hydroxyl groups excluding tert-OH is 1. The average molecular weight is 131 g/mol. The molecule has 0 aliphatic carbocycles. The summed E-state index contributed by atoms with van der Waals surface area (Å²) in [5, 5.41) is 8.81. The Bertz CT molecular complexity index is 63.4. The first kappa shape index (κ1) is 8.18. The molecule has 0 heterocycles. The predicted octanol–water partition coefficient (Wildman–Crippen LogP) is 1.52. The summed E-state index contributed by atoms with van der Waals surface area (Å²) in [5.41, 5.74) is 0. The van der Waals surface area contributed by atoms with Gasteiger partial charge in [0, 0.05) is 8.07 Å². The van der Waals surface area contributed by atoms with Gasteiger partial charge in [0.05, 0.1) is 6.10 Å². The molecule has 0 amide bonds. The van der Waals surface area contributed by atoms with E-state index in [0.29, 0.717) is 0 Å². The largest absolute Gasteiger partial charge is 0.393 e. The maximum Gasteiger partial charge on any atom is 0.0517 e. The molecule has 0 bridgehead atoms. The molecule has 0 fully saturated rings. The Morgan fingerprint density at radius 2 is 1.88 bits per heavy atom. The zero-order valence-corrected chi connectivity index (χ0v) is 6.94. The maximum absolute atomic E-state index is 8.81. The van der Waals surface area contributed by atoms with E-state index in [1.165, 1.54) is 0 Å². The topological polar surface area (TPSA) is 20.2 Å². The molecular formula is C6H15OSi. The van der Waals surface area contributed by atoms with Crippen LogP contribution in [-0.2, 0) is 0 Å². The Kier molecular flexibility index (Phi) is 2.70. The van der Waals surface area contributed by atoms with Crippen molar-refractivity contribution in [2.45, 2.75) is 31.8 Å². The number of rotatable bonds is 2. The van der Waals surface area contributed by atoms with E-state index in [4.69, 9.17) is 5.11 Å². The zero-order chi connectivity index (χ0) is 6.78. The van der Waals surface area contributed by atoms with E-state index < -0.39 is 8.07 Å². The van der Waals surface area contributed by atoms with Crippen LogP contribution in [0.4, 0.5) is 0 Å². The lowest BCUT2D eigenvalue weighted by Crippen LogP contribution is -2.24. The monoisotopic (exact) mass is 131 g/mol. The van der Waals surface area contributed by atoms with Crippen molar-refractivity contribution in [3.05, 3.63) is 6.92 Å². The second kappa shape index (κ2) is 2.64. The van der Waals surface area contributed by atoms with Gasteiger partial charge in [-0.05, 0) is 13.0 Å². The third kappa shape index (κ3) is 6.18. The third-order valence-corrected chi connectivity index (χ3v) is 2.54. The van der Waals surface area contributed by atoms with Crippen molar-refractivity contribution in [3.63, 3.8) is 0 Å². The molecule has 0 saturated carbocycles. The molecule has 0 aromatic carbocycles. The zero-order valence-electron chi connectivity index (χ0n) is 5.94. The Morgan fingerprint density at radius 3 is 1.88 bits per heavy atom. The molecule has 1 atom stereocenters. The molecule has 1 radical (unpaired) electrons. The smallest absolute Gasteiger partial charge is 0.0517 e. The summed E-state index contributed by atoms with van der Waals surface area (Å²) in [6, 6.07) is 0.910. The third-order valence-electron chi connectivity index (χ3n) is 0.848. The summed E-state index contributed by atoms with van der Waals surface area (Å²) < 4.78 is 0. The van der Waals surface area contributed by atoms with Crippen LogP contribution < -0.4 is 0 Å². The predicted molar refractivity (Wildman–Crippen MR) is 39.5 cm³/mol. The van der Waals surface area contributed by atoms with Gasteiger partial charge in [0.2, 0.25) is 0 Å². The molecule has 8 heavy (non-hydrogen) atoms. The lowest BCUT2D eigenvalue weighted by atomic mass is 10.5. The van der Waals surface area contributed by atoms with Crippen molar-refractivity contribution in [1.82, 2.24) is 0 Å². The summed E-state index contributed by atoms with van der Waals surface area (Å²) in [6.07, 6.45) is -0.346. The van der Waals surface area contributed by atoms with Gasteiger partial charge >= 0.3 is 0 Å². The van der Waals surface area contributed by atoms with E-state index in [2.05, 4.69) is 26.6 Å². The van der Waals surface area contributed by atoms with E-state index in [0.717, 1.165) is 6.04 Å².